The predicted molar refractivity (Wildman–Crippen MR) is 79.6 cm³/mol. The quantitative estimate of drug-likeness (QED) is 0.844. The van der Waals surface area contributed by atoms with Crippen molar-refractivity contribution in [2.24, 2.45) is 5.92 Å². The van der Waals surface area contributed by atoms with Gasteiger partial charge in [0.2, 0.25) is 11.7 Å². The van der Waals surface area contributed by atoms with Gasteiger partial charge in [-0.05, 0) is 18.1 Å². The zero-order valence-electron chi connectivity index (χ0n) is 12.2. The van der Waals surface area contributed by atoms with E-state index in [0.717, 1.165) is 24.8 Å². The van der Waals surface area contributed by atoms with Gasteiger partial charge in [0.25, 0.3) is 0 Å². The third-order valence-electron chi connectivity index (χ3n) is 3.95. The maximum Gasteiger partial charge on any atom is 0.243 e. The summed E-state index contributed by atoms with van der Waals surface area (Å²) in [5, 5.41) is 24.6. The lowest BCUT2D eigenvalue weighted by Gasteiger charge is -2.14. The summed E-state index contributed by atoms with van der Waals surface area (Å²) in [6.07, 6.45) is 2.51. The number of amides is 1. The van der Waals surface area contributed by atoms with Crippen molar-refractivity contribution in [3.63, 3.8) is 0 Å². The summed E-state index contributed by atoms with van der Waals surface area (Å²) in [5.41, 5.74) is 0.864. The lowest BCUT2D eigenvalue weighted by atomic mass is 10.1. The van der Waals surface area contributed by atoms with Gasteiger partial charge in [0.05, 0.1) is 6.10 Å². The van der Waals surface area contributed by atoms with Crippen LogP contribution in [0.4, 0.5) is 0 Å². The van der Waals surface area contributed by atoms with E-state index in [-0.39, 0.29) is 24.5 Å². The number of carbonyl (C=O) groups is 1. The van der Waals surface area contributed by atoms with Crippen LogP contribution in [0.2, 0.25) is 0 Å². The molecule has 116 valence electrons. The maximum absolute atomic E-state index is 11.9. The summed E-state index contributed by atoms with van der Waals surface area (Å²) in [6, 6.07) is 9.50. The molecular formula is C15H19N5O2. The van der Waals surface area contributed by atoms with E-state index >= 15 is 0 Å². The van der Waals surface area contributed by atoms with Crippen LogP contribution in [0.1, 0.15) is 19.3 Å². The first kappa shape index (κ1) is 14.6. The van der Waals surface area contributed by atoms with Crippen LogP contribution in [0.3, 0.4) is 0 Å². The first-order valence-electron chi connectivity index (χ1n) is 7.50. The van der Waals surface area contributed by atoms with Crippen LogP contribution in [0, 0.1) is 5.92 Å². The number of hydrogen-bond donors (Lipinski definition) is 2. The van der Waals surface area contributed by atoms with E-state index in [1.807, 2.05) is 30.3 Å². The standard InChI is InChI=1S/C15H19N5O2/c21-13-8-4-7-12(13)9-16-14(22)10-20-18-15(17-19-20)11-5-2-1-3-6-11/h1-3,5-6,12-13,21H,4,7-10H2,(H,16,22). The van der Waals surface area contributed by atoms with Crippen molar-refractivity contribution in [3.8, 4) is 11.4 Å². The fourth-order valence-corrected chi connectivity index (χ4v) is 2.70. The third-order valence-corrected chi connectivity index (χ3v) is 3.95. The number of tetrazole rings is 1. The van der Waals surface area contributed by atoms with Crippen molar-refractivity contribution in [3.05, 3.63) is 30.3 Å². The smallest absolute Gasteiger partial charge is 0.243 e. The van der Waals surface area contributed by atoms with Gasteiger partial charge in [0, 0.05) is 18.0 Å². The van der Waals surface area contributed by atoms with Crippen molar-refractivity contribution in [1.82, 2.24) is 25.5 Å². The van der Waals surface area contributed by atoms with Gasteiger partial charge in [0.15, 0.2) is 0 Å². The Balaban J connectivity index is 1.53. The highest BCUT2D eigenvalue weighted by Crippen LogP contribution is 2.24. The highest BCUT2D eigenvalue weighted by molar-refractivity contribution is 5.75. The average molecular weight is 301 g/mol. The molecule has 7 nitrogen and oxygen atoms in total. The Morgan fingerprint density at radius 1 is 1.32 bits per heavy atom. The van der Waals surface area contributed by atoms with Gasteiger partial charge in [-0.15, -0.1) is 10.2 Å². The number of nitrogens with zero attached hydrogens (tertiary/aromatic N) is 4. The molecule has 0 spiro atoms. The minimum Gasteiger partial charge on any atom is -0.393 e. The average Bonchev–Trinajstić information content (AvgIpc) is 3.15. The van der Waals surface area contributed by atoms with Crippen molar-refractivity contribution < 1.29 is 9.90 Å². The number of hydrogen-bond acceptors (Lipinski definition) is 5. The fraction of sp³-hybridized carbons (Fsp3) is 0.467. The van der Waals surface area contributed by atoms with Gasteiger partial charge in [-0.3, -0.25) is 4.79 Å². The lowest BCUT2D eigenvalue weighted by molar-refractivity contribution is -0.122. The summed E-state index contributed by atoms with van der Waals surface area (Å²) in [4.78, 5) is 13.2. The molecule has 2 aromatic rings. The maximum atomic E-state index is 11.9. The Morgan fingerprint density at radius 3 is 2.86 bits per heavy atom. The van der Waals surface area contributed by atoms with Crippen LogP contribution in [0.15, 0.2) is 30.3 Å². The molecule has 2 atom stereocenters. The molecule has 1 fully saturated rings. The Hall–Kier alpha value is -2.28. The van der Waals surface area contributed by atoms with E-state index in [0.29, 0.717) is 12.4 Å². The normalized spacial score (nSPS) is 21.0. The molecule has 0 radical (unpaired) electrons. The van der Waals surface area contributed by atoms with Crippen LogP contribution in [0.5, 0.6) is 0 Å². The van der Waals surface area contributed by atoms with E-state index in [9.17, 15) is 9.90 Å². The minimum atomic E-state index is -0.297. The zero-order valence-corrected chi connectivity index (χ0v) is 12.2. The summed E-state index contributed by atoms with van der Waals surface area (Å²) in [5.74, 6) is 0.489. The molecule has 3 rings (SSSR count). The number of benzene rings is 1. The summed E-state index contributed by atoms with van der Waals surface area (Å²) < 4.78 is 0. The number of aromatic nitrogens is 4. The lowest BCUT2D eigenvalue weighted by Crippen LogP contribution is -2.35. The van der Waals surface area contributed by atoms with Gasteiger partial charge in [-0.25, -0.2) is 0 Å². The molecule has 1 aromatic heterocycles. The summed E-state index contributed by atoms with van der Waals surface area (Å²) in [7, 11) is 0. The molecule has 2 unspecified atom stereocenters. The molecule has 1 saturated carbocycles. The SMILES string of the molecule is O=C(Cn1nnc(-c2ccccc2)n1)NCC1CCCC1O. The minimum absolute atomic E-state index is 0.0304. The number of aliphatic hydroxyl groups is 1. The molecular weight excluding hydrogens is 282 g/mol. The van der Waals surface area contributed by atoms with Crippen LogP contribution in [0.25, 0.3) is 11.4 Å². The highest BCUT2D eigenvalue weighted by atomic mass is 16.3. The largest absolute Gasteiger partial charge is 0.393 e. The number of nitrogens with one attached hydrogen (secondary N) is 1. The van der Waals surface area contributed by atoms with Crippen molar-refractivity contribution in [2.45, 2.75) is 31.9 Å². The number of rotatable bonds is 5. The molecule has 2 N–H and O–H groups in total. The topological polar surface area (TPSA) is 92.9 Å². The molecule has 1 aromatic carbocycles. The van der Waals surface area contributed by atoms with Gasteiger partial charge >= 0.3 is 0 Å². The van der Waals surface area contributed by atoms with Crippen molar-refractivity contribution in [1.29, 1.82) is 0 Å². The third kappa shape index (κ3) is 3.48. The molecule has 0 bridgehead atoms. The predicted octanol–water partition coefficient (Wildman–Crippen LogP) is 0.617. The Bertz CT molecular complexity index is 628. The monoisotopic (exact) mass is 301 g/mol. The fourth-order valence-electron chi connectivity index (χ4n) is 2.70. The molecule has 22 heavy (non-hydrogen) atoms. The van der Waals surface area contributed by atoms with Crippen LogP contribution < -0.4 is 5.32 Å². The van der Waals surface area contributed by atoms with E-state index in [1.165, 1.54) is 4.80 Å². The van der Waals surface area contributed by atoms with E-state index in [4.69, 9.17) is 0 Å². The second-order valence-electron chi connectivity index (χ2n) is 5.57. The molecule has 1 heterocycles. The molecule has 0 saturated heterocycles. The van der Waals surface area contributed by atoms with Crippen LogP contribution in [-0.2, 0) is 11.3 Å². The Morgan fingerprint density at radius 2 is 2.14 bits per heavy atom. The Kier molecular flexibility index (Phi) is 4.43. The van der Waals surface area contributed by atoms with Gasteiger partial charge < -0.3 is 10.4 Å². The number of aliphatic hydroxyl groups excluding tert-OH is 1. The molecule has 1 amide bonds. The second kappa shape index (κ2) is 6.65. The van der Waals surface area contributed by atoms with Crippen molar-refractivity contribution in [2.75, 3.05) is 6.54 Å². The van der Waals surface area contributed by atoms with Gasteiger partial charge in [-0.2, -0.15) is 4.80 Å². The van der Waals surface area contributed by atoms with Gasteiger partial charge in [0.1, 0.15) is 6.54 Å². The molecule has 7 heteroatoms. The summed E-state index contributed by atoms with van der Waals surface area (Å²) >= 11 is 0. The highest BCUT2D eigenvalue weighted by Gasteiger charge is 2.25. The van der Waals surface area contributed by atoms with Crippen LogP contribution >= 0.6 is 0 Å². The first-order valence-corrected chi connectivity index (χ1v) is 7.50. The second-order valence-corrected chi connectivity index (χ2v) is 5.57. The molecule has 1 aliphatic carbocycles. The van der Waals surface area contributed by atoms with Crippen LogP contribution in [-0.4, -0.2) is 43.9 Å². The van der Waals surface area contributed by atoms with Crippen molar-refractivity contribution >= 4 is 5.91 Å². The Labute approximate surface area is 128 Å². The number of carbonyl (C=O) groups excluding carboxylic acids is 1. The summed E-state index contributed by atoms with van der Waals surface area (Å²) in [6.45, 7) is 0.531. The first-order chi connectivity index (χ1) is 10.7. The van der Waals surface area contributed by atoms with E-state index < -0.39 is 0 Å². The molecule has 1 aliphatic rings. The molecule has 0 aliphatic heterocycles. The van der Waals surface area contributed by atoms with E-state index in [1.54, 1.807) is 0 Å². The zero-order chi connectivity index (χ0) is 15.4. The van der Waals surface area contributed by atoms with Gasteiger partial charge in [-0.1, -0.05) is 36.8 Å². The van der Waals surface area contributed by atoms with E-state index in [2.05, 4.69) is 20.7 Å².